The number of ether oxygens (including phenoxy) is 2. The Labute approximate surface area is 230 Å². The van der Waals surface area contributed by atoms with Crippen LogP contribution < -0.4 is 10.1 Å². The van der Waals surface area contributed by atoms with E-state index in [4.69, 9.17) is 14.5 Å². The first-order valence-corrected chi connectivity index (χ1v) is 13.2. The second kappa shape index (κ2) is 11.1. The molecule has 10 heteroatoms. The number of likely N-dealkylation sites (tertiary alicyclic amines) is 1. The number of halogens is 2. The summed E-state index contributed by atoms with van der Waals surface area (Å²) in [6.07, 6.45) is 0.970. The molecule has 1 N–H and O–H groups in total. The van der Waals surface area contributed by atoms with Gasteiger partial charge in [0.2, 0.25) is 0 Å². The van der Waals surface area contributed by atoms with Crippen LogP contribution in [0.3, 0.4) is 0 Å². The summed E-state index contributed by atoms with van der Waals surface area (Å²) >= 11 is 3.20. The molecule has 0 unspecified atom stereocenters. The van der Waals surface area contributed by atoms with Gasteiger partial charge in [0.1, 0.15) is 28.7 Å². The smallest absolute Gasteiger partial charge is 0.407 e. The number of nitrogens with one attached hydrogen (secondary N) is 1. The van der Waals surface area contributed by atoms with Crippen molar-refractivity contribution in [1.82, 2.24) is 19.8 Å². The summed E-state index contributed by atoms with van der Waals surface area (Å²) < 4.78 is 27.3. The fourth-order valence-electron chi connectivity index (χ4n) is 4.48. The summed E-state index contributed by atoms with van der Waals surface area (Å²) in [7, 11) is 1.59. The van der Waals surface area contributed by atoms with Gasteiger partial charge < -0.3 is 19.7 Å². The lowest BCUT2D eigenvalue weighted by molar-refractivity contribution is 0.0451. The number of hydrogen-bond donors (Lipinski definition) is 1. The number of nitrogens with zero attached hydrogens (tertiary/aromatic N) is 3. The number of benzene rings is 2. The summed E-state index contributed by atoms with van der Waals surface area (Å²) in [6, 6.07) is 11.9. The number of carbonyl (C=O) groups is 2. The molecule has 0 bridgehead atoms. The van der Waals surface area contributed by atoms with Crippen LogP contribution in [0.4, 0.5) is 9.18 Å². The first kappa shape index (κ1) is 27.6. The van der Waals surface area contributed by atoms with Crippen LogP contribution in [0, 0.1) is 12.7 Å². The molecule has 2 aromatic carbocycles. The van der Waals surface area contributed by atoms with Gasteiger partial charge in [0.05, 0.1) is 17.3 Å². The number of rotatable bonds is 5. The van der Waals surface area contributed by atoms with Crippen molar-refractivity contribution < 1.29 is 23.5 Å². The van der Waals surface area contributed by atoms with E-state index in [1.807, 2.05) is 35.8 Å². The highest BCUT2D eigenvalue weighted by molar-refractivity contribution is 9.10. The number of methoxy groups -OCH3 is 1. The molecule has 1 aliphatic heterocycles. The number of amides is 2. The molecule has 0 aliphatic carbocycles. The molecule has 1 aliphatic rings. The molecule has 0 saturated carbocycles. The average Bonchev–Trinajstić information content (AvgIpc) is 3.21. The van der Waals surface area contributed by atoms with Crippen LogP contribution in [0.25, 0.3) is 17.1 Å². The normalized spacial score (nSPS) is 15.8. The van der Waals surface area contributed by atoms with Crippen molar-refractivity contribution in [3.8, 4) is 22.8 Å². The standard InChI is InChI=1S/C28H32BrFN4O4/c1-17-24(26(35)33-14-6-7-19(16-33)31-27(36)38-28(2,3)4)32-25(18-8-13-22(29)23(30)15-18)34(17)20-9-11-21(37-5)12-10-20/h8-13,15,19H,6-7,14,16H2,1-5H3,(H,31,36)/t19-/m1/s1. The van der Waals surface area contributed by atoms with E-state index >= 15 is 0 Å². The minimum Gasteiger partial charge on any atom is -0.497 e. The van der Waals surface area contributed by atoms with Gasteiger partial charge >= 0.3 is 6.09 Å². The molecule has 1 saturated heterocycles. The van der Waals surface area contributed by atoms with Crippen molar-refractivity contribution in [2.24, 2.45) is 0 Å². The highest BCUT2D eigenvalue weighted by Gasteiger charge is 2.31. The number of carbonyl (C=O) groups excluding carboxylic acids is 2. The van der Waals surface area contributed by atoms with Gasteiger partial charge in [0, 0.05) is 30.4 Å². The van der Waals surface area contributed by atoms with Crippen molar-refractivity contribution in [2.75, 3.05) is 20.2 Å². The molecule has 1 aromatic heterocycles. The number of aromatic nitrogens is 2. The zero-order valence-corrected chi connectivity index (χ0v) is 23.8. The first-order valence-electron chi connectivity index (χ1n) is 12.4. The number of hydrogen-bond acceptors (Lipinski definition) is 5. The van der Waals surface area contributed by atoms with E-state index in [1.165, 1.54) is 6.07 Å². The van der Waals surface area contributed by atoms with Crippen LogP contribution in [-0.2, 0) is 4.74 Å². The van der Waals surface area contributed by atoms with Crippen LogP contribution in [0.15, 0.2) is 46.9 Å². The summed E-state index contributed by atoms with van der Waals surface area (Å²) in [5, 5.41) is 2.88. The molecule has 3 aromatic rings. The summed E-state index contributed by atoms with van der Waals surface area (Å²) in [4.78, 5) is 32.5. The van der Waals surface area contributed by atoms with Gasteiger partial charge in [-0.05, 0) is 98.9 Å². The zero-order valence-electron chi connectivity index (χ0n) is 22.2. The van der Waals surface area contributed by atoms with Gasteiger partial charge in [-0.15, -0.1) is 0 Å². The van der Waals surface area contributed by atoms with Crippen molar-refractivity contribution in [3.05, 3.63) is 64.1 Å². The van der Waals surface area contributed by atoms with E-state index in [-0.39, 0.29) is 17.6 Å². The van der Waals surface area contributed by atoms with E-state index < -0.39 is 17.5 Å². The molecule has 1 fully saturated rings. The second-order valence-corrected chi connectivity index (χ2v) is 11.1. The van der Waals surface area contributed by atoms with Gasteiger partial charge in [-0.2, -0.15) is 0 Å². The van der Waals surface area contributed by atoms with Crippen LogP contribution in [0.5, 0.6) is 5.75 Å². The summed E-state index contributed by atoms with van der Waals surface area (Å²) in [5.74, 6) is 0.465. The highest BCUT2D eigenvalue weighted by atomic mass is 79.9. The van der Waals surface area contributed by atoms with Crippen LogP contribution in [0.2, 0.25) is 0 Å². The predicted molar refractivity (Wildman–Crippen MR) is 146 cm³/mol. The summed E-state index contributed by atoms with van der Waals surface area (Å²) in [6.45, 7) is 8.13. The van der Waals surface area contributed by atoms with Crippen molar-refractivity contribution >= 4 is 27.9 Å². The zero-order chi connectivity index (χ0) is 27.6. The van der Waals surface area contributed by atoms with E-state index in [9.17, 15) is 14.0 Å². The number of alkyl carbamates (subject to hydrolysis) is 1. The minimum atomic E-state index is -0.609. The topological polar surface area (TPSA) is 85.7 Å². The maximum absolute atomic E-state index is 14.5. The van der Waals surface area contributed by atoms with E-state index in [2.05, 4.69) is 21.2 Å². The molecule has 202 valence electrons. The van der Waals surface area contributed by atoms with Gasteiger partial charge in [-0.3, -0.25) is 9.36 Å². The lowest BCUT2D eigenvalue weighted by Gasteiger charge is -2.33. The molecule has 0 radical (unpaired) electrons. The molecule has 0 spiro atoms. The van der Waals surface area contributed by atoms with Crippen LogP contribution >= 0.6 is 15.9 Å². The molecule has 4 rings (SSSR count). The largest absolute Gasteiger partial charge is 0.497 e. The van der Waals surface area contributed by atoms with Crippen molar-refractivity contribution in [2.45, 2.75) is 52.2 Å². The quantitative estimate of drug-likeness (QED) is 0.403. The second-order valence-electron chi connectivity index (χ2n) is 10.3. The van der Waals surface area contributed by atoms with Gasteiger partial charge in [0.25, 0.3) is 5.91 Å². The molecule has 8 nitrogen and oxygen atoms in total. The highest BCUT2D eigenvalue weighted by Crippen LogP contribution is 2.30. The Morgan fingerprint density at radius 2 is 1.87 bits per heavy atom. The Morgan fingerprint density at radius 1 is 1.16 bits per heavy atom. The van der Waals surface area contributed by atoms with E-state index in [0.717, 1.165) is 18.5 Å². The maximum atomic E-state index is 14.5. The number of piperidine rings is 1. The molecule has 2 amide bonds. The van der Waals surface area contributed by atoms with E-state index in [0.29, 0.717) is 40.4 Å². The third kappa shape index (κ3) is 6.18. The SMILES string of the molecule is COc1ccc(-n2c(-c3ccc(Br)c(F)c3)nc(C(=O)N3CCC[C@@H](NC(=O)OC(C)(C)C)C3)c2C)cc1. The first-order chi connectivity index (χ1) is 18.0. The lowest BCUT2D eigenvalue weighted by atomic mass is 10.1. The Bertz CT molecular complexity index is 1330. The Hall–Kier alpha value is -3.40. The average molecular weight is 587 g/mol. The number of imidazole rings is 1. The van der Waals surface area contributed by atoms with Gasteiger partial charge in [-0.25, -0.2) is 14.2 Å². The monoisotopic (exact) mass is 586 g/mol. The fraction of sp³-hybridized carbons (Fsp3) is 0.393. The van der Waals surface area contributed by atoms with E-state index in [1.54, 1.807) is 44.9 Å². The van der Waals surface area contributed by atoms with Gasteiger partial charge in [-0.1, -0.05) is 0 Å². The molecule has 38 heavy (non-hydrogen) atoms. The molecule has 2 heterocycles. The molecular formula is C28H32BrFN4O4. The fourth-order valence-corrected chi connectivity index (χ4v) is 4.73. The molecule has 1 atom stereocenters. The molecular weight excluding hydrogens is 555 g/mol. The third-order valence-corrected chi connectivity index (χ3v) is 6.89. The minimum absolute atomic E-state index is 0.230. The van der Waals surface area contributed by atoms with Crippen molar-refractivity contribution in [1.29, 1.82) is 0 Å². The van der Waals surface area contributed by atoms with Crippen LogP contribution in [-0.4, -0.2) is 58.3 Å². The Morgan fingerprint density at radius 3 is 2.50 bits per heavy atom. The van der Waals surface area contributed by atoms with Crippen LogP contribution in [0.1, 0.15) is 49.8 Å². The lowest BCUT2D eigenvalue weighted by Crippen LogP contribution is -2.50. The Balaban J connectivity index is 1.67. The Kier molecular flexibility index (Phi) is 8.10. The third-order valence-electron chi connectivity index (χ3n) is 6.25. The predicted octanol–water partition coefficient (Wildman–Crippen LogP) is 5.89. The maximum Gasteiger partial charge on any atom is 0.407 e. The van der Waals surface area contributed by atoms with Gasteiger partial charge in [0.15, 0.2) is 0 Å². The van der Waals surface area contributed by atoms with Crippen molar-refractivity contribution in [3.63, 3.8) is 0 Å². The summed E-state index contributed by atoms with van der Waals surface area (Å²) in [5.41, 5.74) is 1.59.